The Balaban J connectivity index is 1.81. The summed E-state index contributed by atoms with van der Waals surface area (Å²) in [4.78, 5) is 49.3. The Kier molecular flexibility index (Phi) is 6.62. The van der Waals surface area contributed by atoms with Crippen LogP contribution in [0.1, 0.15) is 86.5 Å². The molecule has 0 heterocycles. The van der Waals surface area contributed by atoms with Crippen LogP contribution in [0.5, 0.6) is 0 Å². The molecule has 4 unspecified atom stereocenters. The maximum atomic E-state index is 13.0. The molecule has 7 nitrogen and oxygen atoms in total. The molecule has 4 aliphatic rings. The van der Waals surface area contributed by atoms with Crippen LogP contribution >= 0.6 is 0 Å². The van der Waals surface area contributed by atoms with Crippen molar-refractivity contribution in [3.05, 3.63) is 0 Å². The molecule has 4 rings (SSSR count). The summed E-state index contributed by atoms with van der Waals surface area (Å²) in [5.41, 5.74) is -0.223. The second-order valence-electron chi connectivity index (χ2n) is 11.8. The molecule has 4 fully saturated rings. The summed E-state index contributed by atoms with van der Waals surface area (Å²) in [7, 11) is 0. The van der Waals surface area contributed by atoms with Crippen molar-refractivity contribution in [1.82, 2.24) is 0 Å². The van der Waals surface area contributed by atoms with E-state index < -0.39 is 30.3 Å². The monoisotopic (exact) mass is 476 g/mol. The van der Waals surface area contributed by atoms with Gasteiger partial charge in [-0.25, -0.2) is 0 Å². The van der Waals surface area contributed by atoms with Crippen molar-refractivity contribution in [2.24, 2.45) is 40.4 Å². The van der Waals surface area contributed by atoms with Crippen molar-refractivity contribution >= 4 is 23.7 Å². The zero-order valence-electron chi connectivity index (χ0n) is 21.4. The Morgan fingerprint density at radius 2 is 1.41 bits per heavy atom. The predicted octanol–water partition coefficient (Wildman–Crippen LogP) is 4.25. The molecule has 0 aliphatic heterocycles. The molecule has 0 saturated heterocycles. The first-order chi connectivity index (χ1) is 15.9. The Hall–Kier alpha value is -1.92. The first kappa shape index (κ1) is 25.2. The molecule has 0 aromatic rings. The third kappa shape index (κ3) is 3.97. The van der Waals surface area contributed by atoms with Gasteiger partial charge in [-0.2, -0.15) is 0 Å². The van der Waals surface area contributed by atoms with E-state index in [9.17, 15) is 19.2 Å². The molecule has 4 saturated carbocycles. The number of ketones is 1. The van der Waals surface area contributed by atoms with Crippen LogP contribution in [-0.2, 0) is 33.4 Å². The molecule has 34 heavy (non-hydrogen) atoms. The van der Waals surface area contributed by atoms with Gasteiger partial charge in [-0.3, -0.25) is 19.2 Å². The fourth-order valence-electron chi connectivity index (χ4n) is 8.80. The molecule has 0 radical (unpaired) electrons. The Morgan fingerprint density at radius 3 is 2.00 bits per heavy atom. The zero-order valence-corrected chi connectivity index (χ0v) is 21.4. The maximum absolute atomic E-state index is 13.0. The molecule has 10 atom stereocenters. The van der Waals surface area contributed by atoms with Gasteiger partial charge in [0.15, 0.2) is 11.9 Å². The van der Waals surface area contributed by atoms with Crippen molar-refractivity contribution in [3.63, 3.8) is 0 Å². The number of esters is 3. The van der Waals surface area contributed by atoms with E-state index in [1.54, 1.807) is 0 Å². The Bertz CT molecular complexity index is 867. The van der Waals surface area contributed by atoms with Crippen molar-refractivity contribution < 1.29 is 33.4 Å². The lowest BCUT2D eigenvalue weighted by Crippen LogP contribution is -2.66. The number of fused-ring (bicyclic) bond motifs is 5. The van der Waals surface area contributed by atoms with Gasteiger partial charge in [0.25, 0.3) is 0 Å². The smallest absolute Gasteiger partial charge is 0.303 e. The molecule has 0 aromatic carbocycles. The molecule has 7 heteroatoms. The number of Topliss-reactive ketones (excluding diaryl/α,β-unsaturated/α-hetero) is 1. The van der Waals surface area contributed by atoms with Gasteiger partial charge in [0, 0.05) is 39.0 Å². The fraction of sp³-hybridized carbons (Fsp3) is 0.852. The van der Waals surface area contributed by atoms with Gasteiger partial charge < -0.3 is 14.2 Å². The van der Waals surface area contributed by atoms with E-state index in [0.29, 0.717) is 18.3 Å². The number of hydrogen-bond donors (Lipinski definition) is 0. The first-order valence-corrected chi connectivity index (χ1v) is 13.0. The largest absolute Gasteiger partial charge is 0.458 e. The van der Waals surface area contributed by atoms with E-state index in [-0.39, 0.29) is 46.8 Å². The molecule has 4 aliphatic carbocycles. The number of ether oxygens (including phenoxy) is 3. The van der Waals surface area contributed by atoms with E-state index in [4.69, 9.17) is 14.2 Å². The van der Waals surface area contributed by atoms with Gasteiger partial charge in [-0.15, -0.1) is 0 Å². The Labute approximate surface area is 202 Å². The van der Waals surface area contributed by atoms with Crippen molar-refractivity contribution in [1.29, 1.82) is 0 Å². The summed E-state index contributed by atoms with van der Waals surface area (Å²) in [5, 5.41) is 0. The highest BCUT2D eigenvalue weighted by Crippen LogP contribution is 2.68. The van der Waals surface area contributed by atoms with Gasteiger partial charge in [-0.1, -0.05) is 27.2 Å². The molecule has 190 valence electrons. The summed E-state index contributed by atoms with van der Waals surface area (Å²) < 4.78 is 17.4. The van der Waals surface area contributed by atoms with Crippen LogP contribution in [0.15, 0.2) is 0 Å². The van der Waals surface area contributed by atoms with Gasteiger partial charge in [-0.05, 0) is 60.7 Å². The van der Waals surface area contributed by atoms with Crippen LogP contribution in [0.25, 0.3) is 0 Å². The molecule has 0 spiro atoms. The Morgan fingerprint density at radius 1 is 0.824 bits per heavy atom. The third-order valence-corrected chi connectivity index (χ3v) is 10.1. The summed E-state index contributed by atoms with van der Waals surface area (Å²) in [6.07, 6.45) is 3.94. The fourth-order valence-corrected chi connectivity index (χ4v) is 8.80. The lowest BCUT2D eigenvalue weighted by Gasteiger charge is -2.63. The standard InChI is InChI=1S/C27H40O7/c1-7-17-8-9-18-23-19(10-11-26(17,18)5)27(6)13-22(32-14(2)28)21(31)12-20(27)24(33-15(3)29)25(23)34-16(4)30/h17-20,22-25H,7-13H2,1-6H3/t17-,18?,19?,20?,22+,23?,24+,25+,26+,27+/m0/s1. The van der Waals surface area contributed by atoms with E-state index in [2.05, 4.69) is 20.8 Å². The molecule has 0 aromatic heterocycles. The van der Waals surface area contributed by atoms with Gasteiger partial charge in [0.05, 0.1) is 0 Å². The zero-order chi connectivity index (χ0) is 25.0. The normalized spacial score (nSPS) is 45.4. The quantitative estimate of drug-likeness (QED) is 0.442. The summed E-state index contributed by atoms with van der Waals surface area (Å²) >= 11 is 0. The predicted molar refractivity (Wildman–Crippen MR) is 123 cm³/mol. The molecular formula is C27H40O7. The molecule has 0 N–H and O–H groups in total. The minimum absolute atomic E-state index is 0.0379. The highest BCUT2D eigenvalue weighted by Gasteiger charge is 2.68. The maximum Gasteiger partial charge on any atom is 0.303 e. The molecule has 0 bridgehead atoms. The number of carbonyl (C=O) groups excluding carboxylic acids is 4. The van der Waals surface area contributed by atoms with E-state index in [0.717, 1.165) is 32.1 Å². The van der Waals surface area contributed by atoms with Crippen LogP contribution in [0.2, 0.25) is 0 Å². The SMILES string of the molecule is CC[C@H]1CCC2C3C(CC[C@@]21C)[C@@]1(C)C[C@@H](OC(C)=O)C(=O)CC1[C@@H](OC(C)=O)[C@@H]3OC(C)=O. The lowest BCUT2D eigenvalue weighted by molar-refractivity contribution is -0.239. The van der Waals surface area contributed by atoms with Gasteiger partial charge >= 0.3 is 17.9 Å². The van der Waals surface area contributed by atoms with Crippen LogP contribution in [-0.4, -0.2) is 42.0 Å². The van der Waals surface area contributed by atoms with Gasteiger partial charge in [0.2, 0.25) is 0 Å². The highest BCUT2D eigenvalue weighted by molar-refractivity contribution is 5.86. The average molecular weight is 477 g/mol. The number of carbonyl (C=O) groups is 4. The highest BCUT2D eigenvalue weighted by atomic mass is 16.6. The van der Waals surface area contributed by atoms with E-state index in [1.807, 2.05) is 0 Å². The number of hydrogen-bond acceptors (Lipinski definition) is 7. The average Bonchev–Trinajstić information content (AvgIpc) is 3.07. The van der Waals surface area contributed by atoms with Crippen LogP contribution in [0.4, 0.5) is 0 Å². The minimum atomic E-state index is -0.775. The van der Waals surface area contributed by atoms with Crippen LogP contribution in [0, 0.1) is 40.4 Å². The number of rotatable bonds is 4. The van der Waals surface area contributed by atoms with Crippen LogP contribution in [0.3, 0.4) is 0 Å². The second kappa shape index (κ2) is 8.94. The van der Waals surface area contributed by atoms with Crippen LogP contribution < -0.4 is 0 Å². The van der Waals surface area contributed by atoms with Crippen molar-refractivity contribution in [2.75, 3.05) is 0 Å². The summed E-state index contributed by atoms with van der Waals surface area (Å²) in [6.45, 7) is 10.9. The van der Waals surface area contributed by atoms with E-state index in [1.165, 1.54) is 20.8 Å². The second-order valence-corrected chi connectivity index (χ2v) is 11.8. The van der Waals surface area contributed by atoms with Crippen molar-refractivity contribution in [2.45, 2.75) is 105 Å². The first-order valence-electron chi connectivity index (χ1n) is 13.0. The summed E-state index contributed by atoms with van der Waals surface area (Å²) in [6, 6.07) is 0. The van der Waals surface area contributed by atoms with E-state index >= 15 is 0 Å². The lowest BCUT2D eigenvalue weighted by atomic mass is 9.43. The summed E-state index contributed by atoms with van der Waals surface area (Å²) in [5.74, 6) is -0.520. The minimum Gasteiger partial charge on any atom is -0.458 e. The third-order valence-electron chi connectivity index (χ3n) is 10.1. The molecular weight excluding hydrogens is 436 g/mol. The van der Waals surface area contributed by atoms with Gasteiger partial charge in [0.1, 0.15) is 12.2 Å². The topological polar surface area (TPSA) is 96.0 Å². The molecule has 0 amide bonds. The van der Waals surface area contributed by atoms with Crippen molar-refractivity contribution in [3.8, 4) is 0 Å².